The predicted octanol–water partition coefficient (Wildman–Crippen LogP) is 2.94. The minimum absolute atomic E-state index is 0.0564. The lowest BCUT2D eigenvalue weighted by atomic mass is 9.99. The Kier molecular flexibility index (Phi) is 4.34. The lowest BCUT2D eigenvalue weighted by Crippen LogP contribution is -2.41. The maximum atomic E-state index is 12.7. The van der Waals surface area contributed by atoms with Gasteiger partial charge in [0.2, 0.25) is 0 Å². The van der Waals surface area contributed by atoms with E-state index in [0.29, 0.717) is 29.6 Å². The molecular weight excluding hydrogens is 282 g/mol. The van der Waals surface area contributed by atoms with Crippen LogP contribution in [0.2, 0.25) is 0 Å². The highest BCUT2D eigenvalue weighted by molar-refractivity contribution is 5.97. The number of amides is 1. The molecular formula is C17H21NO4. The van der Waals surface area contributed by atoms with E-state index in [1.165, 1.54) is 0 Å². The highest BCUT2D eigenvalue weighted by atomic mass is 16.5. The van der Waals surface area contributed by atoms with Gasteiger partial charge >= 0.3 is 0 Å². The van der Waals surface area contributed by atoms with Gasteiger partial charge in [-0.25, -0.2) is 0 Å². The first-order valence-electron chi connectivity index (χ1n) is 7.57. The van der Waals surface area contributed by atoms with E-state index in [4.69, 9.17) is 13.9 Å². The number of fused-ring (bicyclic) bond motifs is 1. The molecule has 0 aliphatic carbocycles. The fourth-order valence-corrected chi connectivity index (χ4v) is 3.08. The van der Waals surface area contributed by atoms with Crippen LogP contribution >= 0.6 is 0 Å². The Bertz CT molecular complexity index is 662. The second-order valence-electron chi connectivity index (χ2n) is 5.70. The van der Waals surface area contributed by atoms with Gasteiger partial charge in [0.05, 0.1) is 13.7 Å². The average molecular weight is 303 g/mol. The fourth-order valence-electron chi connectivity index (χ4n) is 3.08. The van der Waals surface area contributed by atoms with E-state index < -0.39 is 0 Å². The third kappa shape index (κ3) is 2.81. The standard InChI is InChI=1S/C17H21NO4/c1-20-11-12-5-4-8-18(10-12)17(19)15-9-13-6-3-7-14(21-2)16(13)22-15/h3,6-7,9,12H,4-5,8,10-11H2,1-2H3. The molecule has 1 saturated heterocycles. The molecule has 3 rings (SSSR count). The van der Waals surface area contributed by atoms with E-state index in [9.17, 15) is 4.79 Å². The van der Waals surface area contributed by atoms with Crippen molar-refractivity contribution in [2.24, 2.45) is 5.92 Å². The van der Waals surface area contributed by atoms with Gasteiger partial charge in [-0.3, -0.25) is 4.79 Å². The van der Waals surface area contributed by atoms with Crippen molar-refractivity contribution in [3.05, 3.63) is 30.0 Å². The second-order valence-corrected chi connectivity index (χ2v) is 5.70. The number of methoxy groups -OCH3 is 2. The molecule has 1 aliphatic rings. The van der Waals surface area contributed by atoms with Crippen LogP contribution in [0.1, 0.15) is 23.4 Å². The third-order valence-corrected chi connectivity index (χ3v) is 4.15. The molecule has 22 heavy (non-hydrogen) atoms. The number of carbonyl (C=O) groups is 1. The number of furan rings is 1. The second kappa shape index (κ2) is 6.40. The maximum Gasteiger partial charge on any atom is 0.289 e. The number of hydrogen-bond acceptors (Lipinski definition) is 4. The van der Waals surface area contributed by atoms with E-state index in [0.717, 1.165) is 31.3 Å². The Labute approximate surface area is 129 Å². The SMILES string of the molecule is COCC1CCCN(C(=O)c2cc3cccc(OC)c3o2)C1. The van der Waals surface area contributed by atoms with Gasteiger partial charge in [0.25, 0.3) is 5.91 Å². The number of ether oxygens (including phenoxy) is 2. The van der Waals surface area contributed by atoms with Crippen LogP contribution in [0.15, 0.2) is 28.7 Å². The Hall–Kier alpha value is -2.01. The summed E-state index contributed by atoms with van der Waals surface area (Å²) in [6.07, 6.45) is 2.11. The van der Waals surface area contributed by atoms with Crippen molar-refractivity contribution >= 4 is 16.9 Å². The van der Waals surface area contributed by atoms with Crippen molar-refractivity contribution < 1.29 is 18.7 Å². The zero-order valence-corrected chi connectivity index (χ0v) is 13.0. The Balaban J connectivity index is 1.82. The van der Waals surface area contributed by atoms with Crippen molar-refractivity contribution in [3.63, 3.8) is 0 Å². The predicted molar refractivity (Wildman–Crippen MR) is 83.3 cm³/mol. The molecule has 0 radical (unpaired) electrons. The third-order valence-electron chi connectivity index (χ3n) is 4.15. The molecule has 1 fully saturated rings. The normalized spacial score (nSPS) is 18.6. The van der Waals surface area contributed by atoms with Gasteiger partial charge < -0.3 is 18.8 Å². The summed E-state index contributed by atoms with van der Waals surface area (Å²) in [5.41, 5.74) is 0.624. The summed E-state index contributed by atoms with van der Waals surface area (Å²) in [6.45, 7) is 2.19. The van der Waals surface area contributed by atoms with Crippen LogP contribution in [-0.4, -0.2) is 44.7 Å². The number of benzene rings is 1. The van der Waals surface area contributed by atoms with E-state index in [-0.39, 0.29) is 5.91 Å². The largest absolute Gasteiger partial charge is 0.493 e. The molecule has 0 saturated carbocycles. The maximum absolute atomic E-state index is 12.7. The lowest BCUT2D eigenvalue weighted by Gasteiger charge is -2.31. The number of piperidine rings is 1. The van der Waals surface area contributed by atoms with Crippen molar-refractivity contribution in [2.45, 2.75) is 12.8 Å². The molecule has 1 atom stereocenters. The van der Waals surface area contributed by atoms with Gasteiger partial charge in [-0.1, -0.05) is 12.1 Å². The summed E-state index contributed by atoms with van der Waals surface area (Å²) >= 11 is 0. The molecule has 5 heteroatoms. The van der Waals surface area contributed by atoms with Crippen LogP contribution in [0.3, 0.4) is 0 Å². The van der Waals surface area contributed by atoms with Crippen molar-refractivity contribution in [3.8, 4) is 5.75 Å². The summed E-state index contributed by atoms with van der Waals surface area (Å²) in [5.74, 6) is 1.37. The fraction of sp³-hybridized carbons (Fsp3) is 0.471. The number of rotatable bonds is 4. The summed E-state index contributed by atoms with van der Waals surface area (Å²) in [7, 11) is 3.30. The first kappa shape index (κ1) is 14.9. The molecule has 1 aromatic heterocycles. The molecule has 1 aliphatic heterocycles. The zero-order valence-electron chi connectivity index (χ0n) is 13.0. The number of likely N-dealkylation sites (tertiary alicyclic amines) is 1. The molecule has 0 N–H and O–H groups in total. The Morgan fingerprint density at radius 1 is 1.41 bits per heavy atom. The van der Waals surface area contributed by atoms with Crippen molar-refractivity contribution in [1.82, 2.24) is 4.90 Å². The van der Waals surface area contributed by atoms with Gasteiger partial charge in [0, 0.05) is 25.6 Å². The van der Waals surface area contributed by atoms with Crippen LogP contribution in [0.5, 0.6) is 5.75 Å². The number of carbonyl (C=O) groups excluding carboxylic acids is 1. The van der Waals surface area contributed by atoms with Crippen LogP contribution in [-0.2, 0) is 4.74 Å². The molecule has 2 heterocycles. The van der Waals surface area contributed by atoms with E-state index in [2.05, 4.69) is 0 Å². The van der Waals surface area contributed by atoms with E-state index in [1.54, 1.807) is 20.3 Å². The first-order chi connectivity index (χ1) is 10.7. The van der Waals surface area contributed by atoms with Gasteiger partial charge in [-0.15, -0.1) is 0 Å². The minimum atomic E-state index is -0.0564. The van der Waals surface area contributed by atoms with E-state index >= 15 is 0 Å². The summed E-state index contributed by atoms with van der Waals surface area (Å²) in [5, 5.41) is 0.883. The molecule has 1 amide bonds. The summed E-state index contributed by atoms with van der Waals surface area (Å²) < 4.78 is 16.2. The van der Waals surface area contributed by atoms with Crippen LogP contribution < -0.4 is 4.74 Å². The monoisotopic (exact) mass is 303 g/mol. The topological polar surface area (TPSA) is 51.9 Å². The van der Waals surface area contributed by atoms with Crippen molar-refractivity contribution in [1.29, 1.82) is 0 Å². The molecule has 118 valence electrons. The van der Waals surface area contributed by atoms with Crippen LogP contribution in [0, 0.1) is 5.92 Å². The molecule has 2 aromatic rings. The molecule has 1 unspecified atom stereocenters. The van der Waals surface area contributed by atoms with Gasteiger partial charge in [0.15, 0.2) is 17.1 Å². The molecule has 0 bridgehead atoms. The average Bonchev–Trinajstić information content (AvgIpc) is 2.98. The smallest absolute Gasteiger partial charge is 0.289 e. The van der Waals surface area contributed by atoms with Crippen LogP contribution in [0.25, 0.3) is 11.0 Å². The molecule has 5 nitrogen and oxygen atoms in total. The van der Waals surface area contributed by atoms with Crippen molar-refractivity contribution in [2.75, 3.05) is 33.9 Å². The first-order valence-corrected chi connectivity index (χ1v) is 7.57. The Morgan fingerprint density at radius 3 is 3.05 bits per heavy atom. The Morgan fingerprint density at radius 2 is 2.27 bits per heavy atom. The highest BCUT2D eigenvalue weighted by Crippen LogP contribution is 2.29. The van der Waals surface area contributed by atoms with Gasteiger partial charge in [-0.05, 0) is 30.9 Å². The summed E-state index contributed by atoms with van der Waals surface area (Å²) in [6, 6.07) is 7.43. The quantitative estimate of drug-likeness (QED) is 0.871. The lowest BCUT2D eigenvalue weighted by molar-refractivity contribution is 0.0545. The number of para-hydroxylation sites is 1. The highest BCUT2D eigenvalue weighted by Gasteiger charge is 2.26. The summed E-state index contributed by atoms with van der Waals surface area (Å²) in [4.78, 5) is 14.5. The van der Waals surface area contributed by atoms with Gasteiger partial charge in [-0.2, -0.15) is 0 Å². The zero-order chi connectivity index (χ0) is 15.5. The number of hydrogen-bond donors (Lipinski definition) is 0. The van der Waals surface area contributed by atoms with E-state index in [1.807, 2.05) is 23.1 Å². The number of nitrogens with zero attached hydrogens (tertiary/aromatic N) is 1. The molecule has 1 aromatic carbocycles. The minimum Gasteiger partial charge on any atom is -0.493 e. The van der Waals surface area contributed by atoms with Gasteiger partial charge in [0.1, 0.15) is 0 Å². The van der Waals surface area contributed by atoms with Crippen LogP contribution in [0.4, 0.5) is 0 Å². The molecule has 0 spiro atoms.